The first-order valence-corrected chi connectivity index (χ1v) is 6.30. The predicted molar refractivity (Wildman–Crippen MR) is 67.0 cm³/mol. The van der Waals surface area contributed by atoms with Crippen molar-refractivity contribution in [1.82, 2.24) is 0 Å². The maximum atomic E-state index is 9.42. The van der Waals surface area contributed by atoms with Gasteiger partial charge in [-0.15, -0.1) is 0 Å². The zero-order chi connectivity index (χ0) is 11.1. The van der Waals surface area contributed by atoms with E-state index in [0.717, 1.165) is 5.56 Å². The van der Waals surface area contributed by atoms with Crippen molar-refractivity contribution in [3.8, 4) is 0 Å². The summed E-state index contributed by atoms with van der Waals surface area (Å²) in [4.78, 5) is 0. The van der Waals surface area contributed by atoms with E-state index in [1.165, 1.54) is 0 Å². The Morgan fingerprint density at radius 3 is 2.40 bits per heavy atom. The number of aliphatic hydroxyl groups is 2. The Hall–Kier alpha value is -0.170. The summed E-state index contributed by atoms with van der Waals surface area (Å²) in [6, 6.07) is 9.74. The minimum Gasteiger partial charge on any atom is -0.390 e. The highest BCUT2D eigenvalue weighted by Gasteiger charge is 2.14. The van der Waals surface area contributed by atoms with Gasteiger partial charge in [0, 0.05) is 4.43 Å². The topological polar surface area (TPSA) is 49.7 Å². The molecule has 1 aromatic rings. The standard InChI is InChI=1S/C11H15IO3/c12-6-10(13)11(14)8-15-7-9-4-2-1-3-5-9/h1-5,10-11,13-14H,6-8H2/t10-,11+/m1/s1. The van der Waals surface area contributed by atoms with Gasteiger partial charge in [-0.3, -0.25) is 0 Å². The van der Waals surface area contributed by atoms with Gasteiger partial charge < -0.3 is 14.9 Å². The van der Waals surface area contributed by atoms with Gasteiger partial charge in [-0.2, -0.15) is 0 Å². The average molecular weight is 322 g/mol. The molecule has 84 valence electrons. The second-order valence-electron chi connectivity index (χ2n) is 3.29. The SMILES string of the molecule is O[C@H](CI)[C@@H](O)COCc1ccccc1. The van der Waals surface area contributed by atoms with Crippen molar-refractivity contribution in [2.45, 2.75) is 18.8 Å². The lowest BCUT2D eigenvalue weighted by atomic mass is 10.2. The lowest BCUT2D eigenvalue weighted by molar-refractivity contribution is -0.0321. The molecule has 0 saturated carbocycles. The third kappa shape index (κ3) is 4.92. The molecule has 3 nitrogen and oxygen atoms in total. The zero-order valence-electron chi connectivity index (χ0n) is 8.34. The minimum atomic E-state index is -0.800. The molecule has 0 fully saturated rings. The van der Waals surface area contributed by atoms with Gasteiger partial charge in [-0.1, -0.05) is 52.9 Å². The van der Waals surface area contributed by atoms with E-state index in [2.05, 4.69) is 0 Å². The minimum absolute atomic E-state index is 0.166. The normalized spacial score (nSPS) is 14.9. The third-order valence-electron chi connectivity index (χ3n) is 2.00. The lowest BCUT2D eigenvalue weighted by Crippen LogP contribution is -2.31. The van der Waals surface area contributed by atoms with Crippen LogP contribution in [0.4, 0.5) is 0 Å². The summed E-state index contributed by atoms with van der Waals surface area (Å²) in [6.07, 6.45) is -1.51. The van der Waals surface area contributed by atoms with Gasteiger partial charge in [-0.05, 0) is 5.56 Å². The van der Waals surface area contributed by atoms with Crippen molar-refractivity contribution >= 4 is 22.6 Å². The molecule has 0 aliphatic carbocycles. The first-order valence-electron chi connectivity index (χ1n) is 4.78. The monoisotopic (exact) mass is 322 g/mol. The molecule has 0 amide bonds. The molecule has 2 N–H and O–H groups in total. The third-order valence-corrected chi connectivity index (χ3v) is 2.90. The summed E-state index contributed by atoms with van der Waals surface area (Å²) in [7, 11) is 0. The average Bonchev–Trinajstić information content (AvgIpc) is 2.29. The molecule has 0 aromatic heterocycles. The zero-order valence-corrected chi connectivity index (χ0v) is 10.5. The highest BCUT2D eigenvalue weighted by molar-refractivity contribution is 14.1. The van der Waals surface area contributed by atoms with Crippen LogP contribution in [0.1, 0.15) is 5.56 Å². The molecule has 4 heteroatoms. The van der Waals surface area contributed by atoms with Crippen molar-refractivity contribution in [1.29, 1.82) is 0 Å². The van der Waals surface area contributed by atoms with E-state index in [9.17, 15) is 10.2 Å². The fraction of sp³-hybridized carbons (Fsp3) is 0.455. The summed E-state index contributed by atoms with van der Waals surface area (Å²) < 4.78 is 5.80. The molecule has 0 radical (unpaired) electrons. The molecule has 0 unspecified atom stereocenters. The first kappa shape index (κ1) is 12.9. The van der Waals surface area contributed by atoms with Crippen molar-refractivity contribution in [2.75, 3.05) is 11.0 Å². The van der Waals surface area contributed by atoms with Crippen LogP contribution in [-0.4, -0.2) is 33.5 Å². The Labute approximate surface area is 103 Å². The number of aliphatic hydroxyl groups excluding tert-OH is 2. The molecular weight excluding hydrogens is 307 g/mol. The van der Waals surface area contributed by atoms with E-state index in [1.54, 1.807) is 0 Å². The molecule has 0 aliphatic rings. The van der Waals surface area contributed by atoms with Crippen LogP contribution in [0.2, 0.25) is 0 Å². The number of ether oxygens (including phenoxy) is 1. The molecule has 0 bridgehead atoms. The number of benzene rings is 1. The van der Waals surface area contributed by atoms with Gasteiger partial charge >= 0.3 is 0 Å². The van der Waals surface area contributed by atoms with Gasteiger partial charge in [0.15, 0.2) is 0 Å². The summed E-state index contributed by atoms with van der Waals surface area (Å²) in [5.74, 6) is 0. The summed E-state index contributed by atoms with van der Waals surface area (Å²) in [6.45, 7) is 0.630. The molecule has 1 rings (SSSR count). The van der Waals surface area contributed by atoms with Crippen molar-refractivity contribution in [3.05, 3.63) is 35.9 Å². The van der Waals surface area contributed by atoms with Crippen LogP contribution in [0.15, 0.2) is 30.3 Å². The van der Waals surface area contributed by atoms with Crippen LogP contribution in [0.5, 0.6) is 0 Å². The number of alkyl halides is 1. The van der Waals surface area contributed by atoms with Gasteiger partial charge in [0.05, 0.1) is 19.3 Å². The number of rotatable bonds is 6. The van der Waals surface area contributed by atoms with E-state index < -0.39 is 12.2 Å². The van der Waals surface area contributed by atoms with Gasteiger partial charge in [0.2, 0.25) is 0 Å². The van der Waals surface area contributed by atoms with Crippen LogP contribution >= 0.6 is 22.6 Å². The van der Waals surface area contributed by atoms with Crippen LogP contribution in [-0.2, 0) is 11.3 Å². The lowest BCUT2D eigenvalue weighted by Gasteiger charge is -2.15. The second kappa shape index (κ2) is 7.16. The number of hydrogen-bond donors (Lipinski definition) is 2. The van der Waals surface area contributed by atoms with Crippen LogP contribution in [0.25, 0.3) is 0 Å². The molecule has 0 heterocycles. The van der Waals surface area contributed by atoms with Crippen molar-refractivity contribution in [2.24, 2.45) is 0 Å². The van der Waals surface area contributed by atoms with Crippen LogP contribution in [0.3, 0.4) is 0 Å². The molecule has 2 atom stereocenters. The molecule has 15 heavy (non-hydrogen) atoms. The molecular formula is C11H15IO3. The fourth-order valence-electron chi connectivity index (χ4n) is 1.09. The number of hydrogen-bond acceptors (Lipinski definition) is 3. The van der Waals surface area contributed by atoms with Gasteiger partial charge in [0.25, 0.3) is 0 Å². The Morgan fingerprint density at radius 1 is 1.13 bits per heavy atom. The van der Waals surface area contributed by atoms with E-state index in [-0.39, 0.29) is 6.61 Å². The van der Waals surface area contributed by atoms with E-state index in [4.69, 9.17) is 4.74 Å². The maximum absolute atomic E-state index is 9.42. The molecule has 0 saturated heterocycles. The van der Waals surface area contributed by atoms with Crippen molar-refractivity contribution < 1.29 is 14.9 Å². The molecule has 0 aliphatic heterocycles. The van der Waals surface area contributed by atoms with E-state index in [1.807, 2.05) is 52.9 Å². The summed E-state index contributed by atoms with van der Waals surface area (Å²) >= 11 is 2.03. The van der Waals surface area contributed by atoms with E-state index >= 15 is 0 Å². The van der Waals surface area contributed by atoms with Crippen LogP contribution in [0, 0.1) is 0 Å². The quantitative estimate of drug-likeness (QED) is 0.614. The Kier molecular flexibility index (Phi) is 6.16. The van der Waals surface area contributed by atoms with Gasteiger partial charge in [-0.25, -0.2) is 0 Å². The summed E-state index contributed by atoms with van der Waals surface area (Å²) in [5.41, 5.74) is 1.06. The predicted octanol–water partition coefficient (Wildman–Crippen LogP) is 1.36. The smallest absolute Gasteiger partial charge is 0.104 e. The Morgan fingerprint density at radius 2 is 1.80 bits per heavy atom. The largest absolute Gasteiger partial charge is 0.390 e. The first-order chi connectivity index (χ1) is 7.24. The van der Waals surface area contributed by atoms with Crippen molar-refractivity contribution in [3.63, 3.8) is 0 Å². The van der Waals surface area contributed by atoms with Crippen LogP contribution < -0.4 is 0 Å². The highest BCUT2D eigenvalue weighted by Crippen LogP contribution is 2.03. The second-order valence-corrected chi connectivity index (χ2v) is 4.17. The highest BCUT2D eigenvalue weighted by atomic mass is 127. The summed E-state index contributed by atoms with van der Waals surface area (Å²) in [5, 5.41) is 18.7. The molecule has 1 aromatic carbocycles. The fourth-order valence-corrected chi connectivity index (χ4v) is 1.67. The van der Waals surface area contributed by atoms with Gasteiger partial charge in [0.1, 0.15) is 6.10 Å². The Bertz CT molecular complexity index is 266. The number of halogens is 1. The maximum Gasteiger partial charge on any atom is 0.104 e. The Balaban J connectivity index is 2.22. The van der Waals surface area contributed by atoms with E-state index in [0.29, 0.717) is 11.0 Å². The molecule has 0 spiro atoms.